The van der Waals surface area contributed by atoms with Gasteiger partial charge in [-0.15, -0.1) is 5.92 Å². The fraction of sp³-hybridized carbons (Fsp3) is 0.194. The molecule has 214 valence electrons. The Bertz CT molecular complexity index is 2000. The van der Waals surface area contributed by atoms with Gasteiger partial charge in [0, 0.05) is 28.8 Å². The highest BCUT2D eigenvalue weighted by molar-refractivity contribution is 7.92. The van der Waals surface area contributed by atoms with Crippen LogP contribution in [0.4, 0.5) is 11.4 Å². The Morgan fingerprint density at radius 3 is 2.42 bits per heavy atom. The van der Waals surface area contributed by atoms with Gasteiger partial charge in [0.1, 0.15) is 5.75 Å². The molecular formula is C36H30N2O4S. The lowest BCUT2D eigenvalue weighted by molar-refractivity contribution is -0.129. The summed E-state index contributed by atoms with van der Waals surface area (Å²) in [6, 6.07) is 24.5. The summed E-state index contributed by atoms with van der Waals surface area (Å²) in [6.07, 6.45) is 4.20. The van der Waals surface area contributed by atoms with Crippen LogP contribution in [0.1, 0.15) is 45.9 Å². The van der Waals surface area contributed by atoms with E-state index in [1.54, 1.807) is 42.2 Å². The normalized spacial score (nSPS) is 18.2. The van der Waals surface area contributed by atoms with Crippen molar-refractivity contribution in [3.63, 3.8) is 0 Å². The van der Waals surface area contributed by atoms with Gasteiger partial charge in [-0.3, -0.25) is 9.10 Å². The maximum atomic E-state index is 14.4. The van der Waals surface area contributed by atoms with Crippen LogP contribution in [0.5, 0.6) is 5.75 Å². The van der Waals surface area contributed by atoms with Gasteiger partial charge in [-0.1, -0.05) is 72.1 Å². The molecule has 3 aliphatic rings. The molecule has 0 N–H and O–H groups in total. The number of ether oxygens (including phenoxy) is 1. The molecule has 7 rings (SSSR count). The van der Waals surface area contributed by atoms with E-state index in [0.717, 1.165) is 39.1 Å². The fourth-order valence-corrected chi connectivity index (χ4v) is 7.98. The Labute approximate surface area is 252 Å². The summed E-state index contributed by atoms with van der Waals surface area (Å²) in [5.74, 6) is 6.52. The summed E-state index contributed by atoms with van der Waals surface area (Å²) in [6.45, 7) is 6.33. The molecule has 1 amide bonds. The first-order chi connectivity index (χ1) is 20.8. The van der Waals surface area contributed by atoms with E-state index in [4.69, 9.17) is 4.74 Å². The van der Waals surface area contributed by atoms with Crippen molar-refractivity contribution < 1.29 is 17.9 Å². The standard InChI is InChI=1S/C36H30N2O4S/c1-4-10-28-25(3)34-30(33-29(28)20-22-38(33)43(40,41)27-17-15-24(2)16-18-27)19-21-36(42-34)31-13-8-9-14-32(31)37(35(36)39)23-26-11-6-5-7-12-26/h5-9,11-19,21H,20,22-23H2,1-3H3/t36-/m1/s1. The molecule has 4 aromatic carbocycles. The summed E-state index contributed by atoms with van der Waals surface area (Å²) in [5, 5.41) is 0. The van der Waals surface area contributed by atoms with E-state index in [1.807, 2.05) is 74.5 Å². The Morgan fingerprint density at radius 1 is 0.953 bits per heavy atom. The molecule has 43 heavy (non-hydrogen) atoms. The van der Waals surface area contributed by atoms with Crippen LogP contribution in [0.3, 0.4) is 0 Å². The highest BCUT2D eigenvalue weighted by Gasteiger charge is 2.54. The molecule has 0 saturated carbocycles. The number of hydrogen-bond acceptors (Lipinski definition) is 4. The van der Waals surface area contributed by atoms with Gasteiger partial charge in [0.2, 0.25) is 5.60 Å². The van der Waals surface area contributed by atoms with Crippen LogP contribution in [-0.4, -0.2) is 20.9 Å². The number of fused-ring (bicyclic) bond motifs is 5. The van der Waals surface area contributed by atoms with Crippen molar-refractivity contribution in [1.82, 2.24) is 0 Å². The predicted molar refractivity (Wildman–Crippen MR) is 169 cm³/mol. The number of sulfonamides is 1. The second-order valence-electron chi connectivity index (χ2n) is 11.2. The zero-order valence-electron chi connectivity index (χ0n) is 24.2. The van der Waals surface area contributed by atoms with Gasteiger partial charge < -0.3 is 9.64 Å². The van der Waals surface area contributed by atoms with Gasteiger partial charge in [-0.2, -0.15) is 0 Å². The SMILES string of the molecule is CC#Cc1c(C)c2c(c3c1CCN3S(=O)(=O)c1ccc(C)cc1)C=C[C@]1(O2)C(=O)N(Cc2ccccc2)c2ccccc21. The van der Waals surface area contributed by atoms with Crippen LogP contribution in [0.25, 0.3) is 6.08 Å². The first-order valence-corrected chi connectivity index (χ1v) is 15.8. The smallest absolute Gasteiger partial charge is 0.280 e. The Morgan fingerprint density at radius 2 is 1.67 bits per heavy atom. The molecular weight excluding hydrogens is 556 g/mol. The number of aryl methyl sites for hydroxylation is 1. The number of carbonyl (C=O) groups excluding carboxylic acids is 1. The average molecular weight is 587 g/mol. The molecule has 3 heterocycles. The number of amides is 1. The van der Waals surface area contributed by atoms with E-state index in [2.05, 4.69) is 11.8 Å². The van der Waals surface area contributed by atoms with E-state index < -0.39 is 15.6 Å². The van der Waals surface area contributed by atoms with Gasteiger partial charge in [-0.25, -0.2) is 8.42 Å². The maximum absolute atomic E-state index is 14.4. The first-order valence-electron chi connectivity index (χ1n) is 14.3. The fourth-order valence-electron chi connectivity index (χ4n) is 6.47. The van der Waals surface area contributed by atoms with Gasteiger partial charge >= 0.3 is 0 Å². The topological polar surface area (TPSA) is 66.9 Å². The lowest BCUT2D eigenvalue weighted by Crippen LogP contribution is -2.44. The second kappa shape index (κ2) is 9.89. The summed E-state index contributed by atoms with van der Waals surface area (Å²) in [7, 11) is -3.86. The van der Waals surface area contributed by atoms with Crippen molar-refractivity contribution in [2.75, 3.05) is 15.7 Å². The molecule has 0 unspecified atom stereocenters. The molecule has 0 aliphatic carbocycles. The molecule has 0 radical (unpaired) electrons. The number of nitrogens with zero attached hydrogens (tertiary/aromatic N) is 2. The molecule has 4 aromatic rings. The minimum Gasteiger partial charge on any atom is -0.467 e. The Balaban J connectivity index is 1.39. The number of carbonyl (C=O) groups is 1. The van der Waals surface area contributed by atoms with E-state index in [-0.39, 0.29) is 10.8 Å². The monoisotopic (exact) mass is 586 g/mol. The molecule has 0 saturated heterocycles. The van der Waals surface area contributed by atoms with Gasteiger partial charge in [0.05, 0.1) is 22.8 Å². The molecule has 7 heteroatoms. The number of benzene rings is 4. The molecule has 0 fully saturated rings. The highest BCUT2D eigenvalue weighted by atomic mass is 32.2. The highest BCUT2D eigenvalue weighted by Crippen LogP contribution is 2.53. The molecule has 1 atom stereocenters. The molecule has 1 spiro atoms. The van der Waals surface area contributed by atoms with Gasteiger partial charge in [0.15, 0.2) is 0 Å². The van der Waals surface area contributed by atoms with Crippen molar-refractivity contribution in [2.45, 2.75) is 44.2 Å². The van der Waals surface area contributed by atoms with Gasteiger partial charge in [-0.05, 0) is 68.7 Å². The van der Waals surface area contributed by atoms with Crippen LogP contribution < -0.4 is 13.9 Å². The summed E-state index contributed by atoms with van der Waals surface area (Å²) >= 11 is 0. The number of rotatable bonds is 4. The number of hydrogen-bond donors (Lipinski definition) is 0. The third kappa shape index (κ3) is 4.01. The average Bonchev–Trinajstić information content (AvgIpc) is 3.56. The van der Waals surface area contributed by atoms with E-state index in [9.17, 15) is 13.2 Å². The lowest BCUT2D eigenvalue weighted by atomic mass is 9.88. The van der Waals surface area contributed by atoms with Crippen LogP contribution >= 0.6 is 0 Å². The third-order valence-electron chi connectivity index (χ3n) is 8.57. The van der Waals surface area contributed by atoms with Crippen molar-refractivity contribution >= 4 is 33.4 Å². The van der Waals surface area contributed by atoms with Gasteiger partial charge in [0.25, 0.3) is 15.9 Å². The Hall–Kier alpha value is -4.80. The maximum Gasteiger partial charge on any atom is 0.280 e. The van der Waals surface area contributed by atoms with Crippen LogP contribution in [0.2, 0.25) is 0 Å². The van der Waals surface area contributed by atoms with Crippen LogP contribution in [0.15, 0.2) is 89.8 Å². The quantitative estimate of drug-likeness (QED) is 0.264. The van der Waals surface area contributed by atoms with Crippen molar-refractivity contribution in [2.24, 2.45) is 0 Å². The van der Waals surface area contributed by atoms with E-state index >= 15 is 0 Å². The van der Waals surface area contributed by atoms with Crippen LogP contribution in [-0.2, 0) is 33.4 Å². The predicted octanol–water partition coefficient (Wildman–Crippen LogP) is 6.27. The second-order valence-corrected chi connectivity index (χ2v) is 13.0. The molecule has 6 nitrogen and oxygen atoms in total. The molecule has 3 aliphatic heterocycles. The number of anilines is 2. The van der Waals surface area contributed by atoms with E-state index in [0.29, 0.717) is 36.5 Å². The third-order valence-corrected chi connectivity index (χ3v) is 10.4. The first kappa shape index (κ1) is 27.1. The van der Waals surface area contributed by atoms with Crippen molar-refractivity contribution in [3.05, 3.63) is 124 Å². The minimum absolute atomic E-state index is 0.188. The van der Waals surface area contributed by atoms with Crippen molar-refractivity contribution in [3.8, 4) is 17.6 Å². The van der Waals surface area contributed by atoms with Crippen molar-refractivity contribution in [1.29, 1.82) is 0 Å². The number of para-hydroxylation sites is 1. The zero-order valence-corrected chi connectivity index (χ0v) is 25.0. The van der Waals surface area contributed by atoms with E-state index in [1.165, 1.54) is 4.31 Å². The summed E-state index contributed by atoms with van der Waals surface area (Å²) in [5.41, 5.74) is 5.82. The molecule has 0 bridgehead atoms. The Kier molecular flexibility index (Phi) is 6.22. The minimum atomic E-state index is -3.86. The molecule has 0 aromatic heterocycles. The largest absolute Gasteiger partial charge is 0.467 e. The van der Waals surface area contributed by atoms with Crippen LogP contribution in [0, 0.1) is 25.7 Å². The zero-order chi connectivity index (χ0) is 29.9. The summed E-state index contributed by atoms with van der Waals surface area (Å²) in [4.78, 5) is 16.4. The lowest BCUT2D eigenvalue weighted by Gasteiger charge is -2.34. The summed E-state index contributed by atoms with van der Waals surface area (Å²) < 4.78 is 36.3.